The number of likely N-dealkylation sites (tertiary alicyclic amines) is 1. The highest BCUT2D eigenvalue weighted by Crippen LogP contribution is 2.69. The van der Waals surface area contributed by atoms with E-state index in [1.54, 1.807) is 51.7 Å². The molecule has 3 aliphatic heterocycles. The van der Waals surface area contributed by atoms with Crippen molar-refractivity contribution in [1.82, 2.24) is 9.80 Å². The number of hydrogen-bond acceptors (Lipinski definition) is 5. The van der Waals surface area contributed by atoms with Gasteiger partial charge in [0.2, 0.25) is 11.8 Å². The van der Waals surface area contributed by atoms with Crippen LogP contribution in [0.2, 0.25) is 5.02 Å². The zero-order valence-corrected chi connectivity index (χ0v) is 24.0. The van der Waals surface area contributed by atoms with Crippen LogP contribution in [0.3, 0.4) is 0 Å². The number of aliphatic hydroxyl groups excluding tert-OH is 1. The molecule has 0 aromatic heterocycles. The van der Waals surface area contributed by atoms with E-state index in [4.69, 9.17) is 11.6 Å². The third-order valence-corrected chi connectivity index (χ3v) is 10.8. The number of aliphatic hydroxyl groups is 1. The quantitative estimate of drug-likeness (QED) is 0.328. The van der Waals surface area contributed by atoms with Gasteiger partial charge in [-0.1, -0.05) is 42.8 Å². The zero-order valence-electron chi connectivity index (χ0n) is 22.4. The normalized spacial score (nSPS) is 29.3. The fourth-order valence-electron chi connectivity index (χ4n) is 6.79. The number of aryl methyl sites for hydroxylation is 1. The Morgan fingerprint density at radius 2 is 1.95 bits per heavy atom. The SMILES string of the molecule is C=CCN(C)C(=O)[C@@H]1[C@H]2C(=O)N(CCCCO)C(C(=O)N(CC=C)c3c(C)cccc3Cl)C23S[C@@H]1CC3C. The molecular formula is C29H38ClN3O4S. The van der Waals surface area contributed by atoms with E-state index in [-0.39, 0.29) is 42.0 Å². The molecule has 7 nitrogen and oxygen atoms in total. The standard InChI is InChI=1S/C29H38ClN3O4S/c1-6-13-31(5)26(35)22-21-17-19(4)29(38-21)23(22)27(36)33(15-8-9-16-34)25(29)28(37)32(14-7-2)24-18(3)11-10-12-20(24)30/h6-7,10-12,19,21-23,25,34H,1-2,8-9,13-17H2,3-5H3/t19?,21-,22+,23+,25?,29?/m1/s1. The van der Waals surface area contributed by atoms with Crippen molar-refractivity contribution < 1.29 is 19.5 Å². The van der Waals surface area contributed by atoms with Gasteiger partial charge in [-0.3, -0.25) is 14.4 Å². The van der Waals surface area contributed by atoms with Crippen molar-refractivity contribution in [3.63, 3.8) is 0 Å². The number of carbonyl (C=O) groups is 3. The number of likely N-dealkylation sites (N-methyl/N-ethyl adjacent to an activating group) is 1. The Morgan fingerprint density at radius 3 is 2.58 bits per heavy atom. The number of halogens is 1. The second-order valence-corrected chi connectivity index (χ2v) is 12.6. The molecule has 4 rings (SSSR count). The maximum Gasteiger partial charge on any atom is 0.251 e. The number of amides is 3. The van der Waals surface area contributed by atoms with Crippen molar-refractivity contribution in [2.45, 2.75) is 49.1 Å². The summed E-state index contributed by atoms with van der Waals surface area (Å²) >= 11 is 8.28. The fourth-order valence-corrected chi connectivity index (χ4v) is 9.52. The summed E-state index contributed by atoms with van der Waals surface area (Å²) in [6, 6.07) is 4.77. The molecule has 1 aromatic carbocycles. The van der Waals surface area contributed by atoms with E-state index in [0.717, 1.165) is 12.0 Å². The molecule has 0 saturated carbocycles. The van der Waals surface area contributed by atoms with E-state index in [1.165, 1.54) is 0 Å². The number of benzene rings is 1. The van der Waals surface area contributed by atoms with Crippen molar-refractivity contribution in [3.8, 4) is 0 Å². The lowest BCUT2D eigenvalue weighted by Gasteiger charge is -2.41. The smallest absolute Gasteiger partial charge is 0.251 e. The third kappa shape index (κ3) is 4.48. The van der Waals surface area contributed by atoms with Gasteiger partial charge < -0.3 is 19.8 Å². The second kappa shape index (κ2) is 11.4. The Labute approximate surface area is 234 Å². The summed E-state index contributed by atoms with van der Waals surface area (Å²) in [4.78, 5) is 47.5. The van der Waals surface area contributed by atoms with Crippen molar-refractivity contribution in [1.29, 1.82) is 0 Å². The molecule has 3 fully saturated rings. The number of anilines is 1. The molecule has 38 heavy (non-hydrogen) atoms. The van der Waals surface area contributed by atoms with Crippen LogP contribution in [0, 0.1) is 24.7 Å². The highest BCUT2D eigenvalue weighted by molar-refractivity contribution is 8.02. The molecule has 3 aliphatic rings. The van der Waals surface area contributed by atoms with Gasteiger partial charge in [-0.15, -0.1) is 24.9 Å². The molecule has 3 amide bonds. The van der Waals surface area contributed by atoms with Gasteiger partial charge in [0.25, 0.3) is 5.91 Å². The molecule has 0 aliphatic carbocycles. The number of nitrogens with zero attached hydrogens (tertiary/aromatic N) is 3. The summed E-state index contributed by atoms with van der Waals surface area (Å²) in [5.41, 5.74) is 1.47. The third-order valence-electron chi connectivity index (χ3n) is 8.39. The largest absolute Gasteiger partial charge is 0.396 e. The van der Waals surface area contributed by atoms with Crippen LogP contribution in [-0.4, -0.2) is 82.0 Å². The van der Waals surface area contributed by atoms with Crippen molar-refractivity contribution in [2.75, 3.05) is 38.2 Å². The van der Waals surface area contributed by atoms with Crippen LogP contribution < -0.4 is 4.90 Å². The molecule has 3 unspecified atom stereocenters. The average molecular weight is 560 g/mol. The van der Waals surface area contributed by atoms with Crippen LogP contribution in [0.4, 0.5) is 5.69 Å². The molecule has 0 radical (unpaired) electrons. The van der Waals surface area contributed by atoms with E-state index in [2.05, 4.69) is 20.1 Å². The van der Waals surface area contributed by atoms with Gasteiger partial charge in [-0.05, 0) is 43.7 Å². The lowest BCUT2D eigenvalue weighted by atomic mass is 9.65. The first-order chi connectivity index (χ1) is 18.1. The number of fused-ring (bicyclic) bond motifs is 1. The monoisotopic (exact) mass is 559 g/mol. The van der Waals surface area contributed by atoms with Crippen LogP contribution in [0.15, 0.2) is 43.5 Å². The topological polar surface area (TPSA) is 81.2 Å². The Bertz CT molecular complexity index is 1110. The Hall–Kier alpha value is -2.29. The summed E-state index contributed by atoms with van der Waals surface area (Å²) in [5.74, 6) is -1.41. The van der Waals surface area contributed by atoms with E-state index in [1.807, 2.05) is 19.1 Å². The molecule has 1 spiro atoms. The number of thioether (sulfide) groups is 1. The summed E-state index contributed by atoms with van der Waals surface area (Å²) in [6.45, 7) is 12.7. The first kappa shape index (κ1) is 28.7. The molecule has 9 heteroatoms. The van der Waals surface area contributed by atoms with Gasteiger partial charge in [0, 0.05) is 38.5 Å². The van der Waals surface area contributed by atoms with Crippen molar-refractivity contribution in [2.24, 2.45) is 17.8 Å². The van der Waals surface area contributed by atoms with Crippen LogP contribution in [0.1, 0.15) is 31.7 Å². The van der Waals surface area contributed by atoms with Crippen molar-refractivity contribution >= 4 is 46.8 Å². The molecule has 206 valence electrons. The summed E-state index contributed by atoms with van der Waals surface area (Å²) < 4.78 is -0.720. The molecule has 6 atom stereocenters. The molecule has 1 N–H and O–H groups in total. The second-order valence-electron chi connectivity index (χ2n) is 10.7. The van der Waals surface area contributed by atoms with Gasteiger partial charge in [0.15, 0.2) is 0 Å². The zero-order chi connectivity index (χ0) is 27.8. The highest BCUT2D eigenvalue weighted by Gasteiger charge is 2.76. The molecular weight excluding hydrogens is 522 g/mol. The van der Waals surface area contributed by atoms with E-state index in [9.17, 15) is 19.5 Å². The first-order valence-electron chi connectivity index (χ1n) is 13.3. The lowest BCUT2D eigenvalue weighted by Crippen LogP contribution is -2.57. The molecule has 3 heterocycles. The first-order valence-corrected chi connectivity index (χ1v) is 14.5. The highest BCUT2D eigenvalue weighted by atomic mass is 35.5. The minimum Gasteiger partial charge on any atom is -0.396 e. The average Bonchev–Trinajstić information content (AvgIpc) is 3.46. The van der Waals surface area contributed by atoms with Crippen LogP contribution >= 0.6 is 23.4 Å². The number of carbonyl (C=O) groups excluding carboxylic acids is 3. The predicted molar refractivity (Wildman–Crippen MR) is 153 cm³/mol. The molecule has 2 bridgehead atoms. The summed E-state index contributed by atoms with van der Waals surface area (Å²) in [7, 11) is 1.74. The minimum atomic E-state index is -0.748. The van der Waals surface area contributed by atoms with Gasteiger partial charge >= 0.3 is 0 Å². The van der Waals surface area contributed by atoms with Gasteiger partial charge in [0.1, 0.15) is 6.04 Å². The molecule has 1 aromatic rings. The van der Waals surface area contributed by atoms with Gasteiger partial charge in [0.05, 0.1) is 27.3 Å². The number of hydrogen-bond donors (Lipinski definition) is 1. The van der Waals surface area contributed by atoms with Crippen LogP contribution in [-0.2, 0) is 14.4 Å². The minimum absolute atomic E-state index is 0.0112. The summed E-state index contributed by atoms with van der Waals surface area (Å²) in [6.07, 6.45) is 5.21. The maximum absolute atomic E-state index is 14.7. The van der Waals surface area contributed by atoms with E-state index in [0.29, 0.717) is 36.6 Å². The Kier molecular flexibility index (Phi) is 8.65. The van der Waals surface area contributed by atoms with E-state index < -0.39 is 22.6 Å². The maximum atomic E-state index is 14.7. The van der Waals surface area contributed by atoms with Crippen LogP contribution in [0.25, 0.3) is 0 Å². The van der Waals surface area contributed by atoms with Crippen LogP contribution in [0.5, 0.6) is 0 Å². The number of unbranched alkanes of at least 4 members (excludes halogenated alkanes) is 1. The Morgan fingerprint density at radius 1 is 1.24 bits per heavy atom. The Balaban J connectivity index is 1.82. The van der Waals surface area contributed by atoms with E-state index >= 15 is 0 Å². The lowest BCUT2D eigenvalue weighted by molar-refractivity contribution is -0.143. The van der Waals surface area contributed by atoms with Crippen molar-refractivity contribution in [3.05, 3.63) is 54.1 Å². The number of rotatable bonds is 11. The summed E-state index contributed by atoms with van der Waals surface area (Å²) in [5, 5.41) is 9.85. The van der Waals surface area contributed by atoms with Gasteiger partial charge in [-0.2, -0.15) is 0 Å². The number of para-hydroxylation sites is 1. The fraction of sp³-hybridized carbons (Fsp3) is 0.552. The van der Waals surface area contributed by atoms with Gasteiger partial charge in [-0.25, -0.2) is 0 Å². The molecule has 3 saturated heterocycles. The predicted octanol–water partition coefficient (Wildman–Crippen LogP) is 3.92.